The van der Waals surface area contributed by atoms with Gasteiger partial charge in [-0.15, -0.1) is 0 Å². The van der Waals surface area contributed by atoms with Crippen molar-refractivity contribution in [2.45, 2.75) is 44.8 Å². The Bertz CT molecular complexity index is 385. The molecule has 0 aliphatic carbocycles. The van der Waals surface area contributed by atoms with Crippen LogP contribution < -0.4 is 10.5 Å². The Morgan fingerprint density at radius 3 is 2.94 bits per heavy atom. The monoisotopic (exact) mass is 250 g/mol. The van der Waals surface area contributed by atoms with E-state index in [9.17, 15) is 0 Å². The Hall–Kier alpha value is -1.13. The molecular weight excluding hydrogens is 228 g/mol. The van der Waals surface area contributed by atoms with Gasteiger partial charge in [0.2, 0.25) is 0 Å². The molecule has 1 aliphatic rings. The van der Waals surface area contributed by atoms with Crippen LogP contribution in [0.15, 0.2) is 18.5 Å². The molecule has 18 heavy (non-hydrogen) atoms. The van der Waals surface area contributed by atoms with E-state index in [2.05, 4.69) is 4.98 Å². The predicted molar refractivity (Wildman–Crippen MR) is 70.5 cm³/mol. The van der Waals surface area contributed by atoms with Crippen LogP contribution in [0.2, 0.25) is 0 Å². The lowest BCUT2D eigenvalue weighted by atomic mass is 9.85. The van der Waals surface area contributed by atoms with Gasteiger partial charge in [-0.3, -0.25) is 4.98 Å². The molecule has 1 aromatic heterocycles. The highest BCUT2D eigenvalue weighted by atomic mass is 16.5. The molecular formula is C14H22N2O2. The third kappa shape index (κ3) is 3.21. The van der Waals surface area contributed by atoms with E-state index in [1.807, 2.05) is 26.1 Å². The molecule has 1 atom stereocenters. The van der Waals surface area contributed by atoms with Crippen molar-refractivity contribution in [3.8, 4) is 5.75 Å². The molecule has 1 aliphatic heterocycles. The Kier molecular flexibility index (Phi) is 4.19. The summed E-state index contributed by atoms with van der Waals surface area (Å²) in [5, 5.41) is 0. The number of nitrogens with two attached hydrogens (primary N) is 1. The maximum absolute atomic E-state index is 6.50. The highest BCUT2D eigenvalue weighted by molar-refractivity contribution is 5.29. The maximum atomic E-state index is 6.50. The van der Waals surface area contributed by atoms with Gasteiger partial charge in [0, 0.05) is 24.9 Å². The first kappa shape index (κ1) is 13.3. The van der Waals surface area contributed by atoms with Crippen molar-refractivity contribution in [1.29, 1.82) is 0 Å². The average Bonchev–Trinajstić information content (AvgIpc) is 2.55. The highest BCUT2D eigenvalue weighted by Gasteiger charge is 2.29. The molecule has 0 radical (unpaired) electrons. The molecule has 4 heteroatoms. The second-order valence-corrected chi connectivity index (χ2v) is 5.20. The fourth-order valence-electron chi connectivity index (χ4n) is 2.29. The number of nitrogens with zero attached hydrogens (tertiary/aromatic N) is 1. The van der Waals surface area contributed by atoms with Gasteiger partial charge in [0.15, 0.2) is 0 Å². The van der Waals surface area contributed by atoms with Crippen LogP contribution in [-0.4, -0.2) is 24.3 Å². The summed E-state index contributed by atoms with van der Waals surface area (Å²) in [4.78, 5) is 4.24. The van der Waals surface area contributed by atoms with E-state index in [1.54, 1.807) is 6.20 Å². The van der Waals surface area contributed by atoms with Gasteiger partial charge in [0.25, 0.3) is 0 Å². The maximum Gasteiger partial charge on any atom is 0.138 e. The molecule has 1 aromatic rings. The van der Waals surface area contributed by atoms with Gasteiger partial charge in [0.1, 0.15) is 5.75 Å². The largest absolute Gasteiger partial charge is 0.489 e. The molecule has 1 fully saturated rings. The molecule has 0 saturated carbocycles. The van der Waals surface area contributed by atoms with E-state index in [-0.39, 0.29) is 11.6 Å². The third-order valence-electron chi connectivity index (χ3n) is 3.26. The Balaban J connectivity index is 2.20. The first-order valence-electron chi connectivity index (χ1n) is 6.59. The van der Waals surface area contributed by atoms with Crippen molar-refractivity contribution in [1.82, 2.24) is 4.98 Å². The van der Waals surface area contributed by atoms with Gasteiger partial charge in [-0.25, -0.2) is 0 Å². The van der Waals surface area contributed by atoms with Crippen molar-refractivity contribution in [3.05, 3.63) is 24.0 Å². The quantitative estimate of drug-likeness (QED) is 0.893. The van der Waals surface area contributed by atoms with Gasteiger partial charge >= 0.3 is 0 Å². The molecule has 2 N–H and O–H groups in total. The molecule has 0 aromatic carbocycles. The average molecular weight is 250 g/mol. The lowest BCUT2D eigenvalue weighted by Gasteiger charge is -2.28. The van der Waals surface area contributed by atoms with Crippen molar-refractivity contribution < 1.29 is 9.47 Å². The van der Waals surface area contributed by atoms with E-state index >= 15 is 0 Å². The third-order valence-corrected chi connectivity index (χ3v) is 3.26. The minimum absolute atomic E-state index is 0.147. The number of hydrogen-bond donors (Lipinski definition) is 1. The van der Waals surface area contributed by atoms with Gasteiger partial charge in [-0.05, 0) is 44.7 Å². The van der Waals surface area contributed by atoms with Gasteiger partial charge < -0.3 is 15.2 Å². The minimum Gasteiger partial charge on any atom is -0.489 e. The van der Waals surface area contributed by atoms with E-state index in [1.165, 1.54) is 0 Å². The topological polar surface area (TPSA) is 57.4 Å². The molecule has 2 heterocycles. The van der Waals surface area contributed by atoms with Gasteiger partial charge in [0.05, 0.1) is 12.3 Å². The minimum atomic E-state index is -0.333. The normalized spacial score (nSPS) is 24.9. The van der Waals surface area contributed by atoms with E-state index < -0.39 is 0 Å². The van der Waals surface area contributed by atoms with Crippen LogP contribution in [0, 0.1) is 0 Å². The SMILES string of the molecule is CC(C)Oc1cncc(C2(N)CCCOCC2)c1. The number of pyridine rings is 1. The van der Waals surface area contributed by atoms with Crippen molar-refractivity contribution >= 4 is 0 Å². The first-order valence-corrected chi connectivity index (χ1v) is 6.59. The van der Waals surface area contributed by atoms with E-state index in [0.717, 1.165) is 37.2 Å². The van der Waals surface area contributed by atoms with Crippen molar-refractivity contribution in [3.63, 3.8) is 0 Å². The Labute approximate surface area is 108 Å². The summed E-state index contributed by atoms with van der Waals surface area (Å²) in [7, 11) is 0. The Morgan fingerprint density at radius 2 is 2.17 bits per heavy atom. The second-order valence-electron chi connectivity index (χ2n) is 5.20. The molecule has 1 unspecified atom stereocenters. The van der Waals surface area contributed by atoms with Crippen LogP contribution in [0.5, 0.6) is 5.75 Å². The van der Waals surface area contributed by atoms with Gasteiger partial charge in [-0.2, -0.15) is 0 Å². The summed E-state index contributed by atoms with van der Waals surface area (Å²) < 4.78 is 11.1. The lowest BCUT2D eigenvalue weighted by Crippen LogP contribution is -2.37. The summed E-state index contributed by atoms with van der Waals surface area (Å²) in [6, 6.07) is 2.01. The summed E-state index contributed by atoms with van der Waals surface area (Å²) in [6.07, 6.45) is 6.48. The zero-order valence-corrected chi connectivity index (χ0v) is 11.2. The highest BCUT2D eigenvalue weighted by Crippen LogP contribution is 2.31. The zero-order valence-electron chi connectivity index (χ0n) is 11.2. The first-order chi connectivity index (χ1) is 8.60. The number of ether oxygens (including phenoxy) is 2. The molecule has 4 nitrogen and oxygen atoms in total. The van der Waals surface area contributed by atoms with Crippen LogP contribution >= 0.6 is 0 Å². The fourth-order valence-corrected chi connectivity index (χ4v) is 2.29. The number of hydrogen-bond acceptors (Lipinski definition) is 4. The zero-order chi connectivity index (χ0) is 13.0. The summed E-state index contributed by atoms with van der Waals surface area (Å²) in [5.74, 6) is 0.789. The number of aromatic nitrogens is 1. The van der Waals surface area contributed by atoms with E-state index in [4.69, 9.17) is 15.2 Å². The molecule has 0 bridgehead atoms. The van der Waals surface area contributed by atoms with Crippen LogP contribution in [-0.2, 0) is 10.3 Å². The van der Waals surface area contributed by atoms with Crippen LogP contribution in [0.3, 0.4) is 0 Å². The summed E-state index contributed by atoms with van der Waals surface area (Å²) in [5.41, 5.74) is 7.22. The fraction of sp³-hybridized carbons (Fsp3) is 0.643. The molecule has 0 spiro atoms. The van der Waals surface area contributed by atoms with Gasteiger partial charge in [-0.1, -0.05) is 0 Å². The van der Waals surface area contributed by atoms with Crippen LogP contribution in [0.25, 0.3) is 0 Å². The Morgan fingerprint density at radius 1 is 1.33 bits per heavy atom. The van der Waals surface area contributed by atoms with Crippen molar-refractivity contribution in [2.24, 2.45) is 5.73 Å². The summed E-state index contributed by atoms with van der Waals surface area (Å²) in [6.45, 7) is 5.52. The molecule has 1 saturated heterocycles. The molecule has 2 rings (SSSR count). The smallest absolute Gasteiger partial charge is 0.138 e. The van der Waals surface area contributed by atoms with Crippen LogP contribution in [0.4, 0.5) is 0 Å². The lowest BCUT2D eigenvalue weighted by molar-refractivity contribution is 0.139. The van der Waals surface area contributed by atoms with Crippen LogP contribution in [0.1, 0.15) is 38.7 Å². The standard InChI is InChI=1S/C14H22N2O2/c1-11(2)18-13-8-12(9-16-10-13)14(15)4-3-6-17-7-5-14/h8-11H,3-7,15H2,1-2H3. The number of rotatable bonds is 3. The van der Waals surface area contributed by atoms with Crippen molar-refractivity contribution in [2.75, 3.05) is 13.2 Å². The predicted octanol–water partition coefficient (Wildman–Crippen LogP) is 2.22. The van der Waals surface area contributed by atoms with E-state index in [0.29, 0.717) is 6.61 Å². The molecule has 0 amide bonds. The summed E-state index contributed by atoms with van der Waals surface area (Å²) >= 11 is 0. The molecule has 100 valence electrons. The second kappa shape index (κ2) is 5.67.